The summed E-state index contributed by atoms with van der Waals surface area (Å²) in [7, 11) is 0. The van der Waals surface area contributed by atoms with Gasteiger partial charge in [-0.1, -0.05) is 0 Å². The normalized spacial score (nSPS) is 24.8. The van der Waals surface area contributed by atoms with Gasteiger partial charge in [0, 0.05) is 32.1 Å². The maximum atomic E-state index is 12.0. The number of carbonyl (C=O) groups is 2. The van der Waals surface area contributed by atoms with Crippen LogP contribution < -0.4 is 0 Å². The second-order valence-corrected chi connectivity index (χ2v) is 6.06. The minimum atomic E-state index is -0.462. The number of amides is 2. The second-order valence-electron chi connectivity index (χ2n) is 6.06. The molecule has 2 rings (SSSR count). The van der Waals surface area contributed by atoms with Crippen molar-refractivity contribution < 1.29 is 14.3 Å². The lowest BCUT2D eigenvalue weighted by Gasteiger charge is -2.43. The minimum Gasteiger partial charge on any atom is -0.444 e. The molecule has 2 heterocycles. The third-order valence-electron chi connectivity index (χ3n) is 3.38. The molecule has 0 spiro atoms. The first-order valence-corrected chi connectivity index (χ1v) is 6.64. The van der Waals surface area contributed by atoms with Crippen molar-refractivity contribution in [3.63, 3.8) is 0 Å². The van der Waals surface area contributed by atoms with Crippen LogP contribution in [0.5, 0.6) is 0 Å². The Morgan fingerprint density at radius 2 is 2.06 bits per heavy atom. The molecule has 0 aromatic carbocycles. The van der Waals surface area contributed by atoms with Gasteiger partial charge in [0.05, 0.1) is 0 Å². The number of piperidine rings is 1. The van der Waals surface area contributed by atoms with E-state index in [0.29, 0.717) is 26.1 Å². The average Bonchev–Trinajstić information content (AvgIpc) is 2.26. The highest BCUT2D eigenvalue weighted by atomic mass is 16.6. The lowest BCUT2D eigenvalue weighted by atomic mass is 9.99. The fourth-order valence-electron chi connectivity index (χ4n) is 2.56. The van der Waals surface area contributed by atoms with Gasteiger partial charge < -0.3 is 14.5 Å². The Kier molecular flexibility index (Phi) is 3.50. The highest BCUT2D eigenvalue weighted by molar-refractivity contribution is 5.78. The maximum Gasteiger partial charge on any atom is 0.410 e. The standard InChI is InChI=1S/C13H22N2O3/c1-13(2,3)18-12(17)14-7-8-15-10(9-14)5-4-6-11(15)16/h10H,4-9H2,1-3H3/t10-/m0/s1. The number of hydrogen-bond donors (Lipinski definition) is 0. The van der Waals surface area contributed by atoms with Crippen molar-refractivity contribution in [2.24, 2.45) is 0 Å². The highest BCUT2D eigenvalue weighted by Gasteiger charge is 2.35. The molecule has 2 saturated heterocycles. The topological polar surface area (TPSA) is 49.9 Å². The zero-order chi connectivity index (χ0) is 13.3. The Morgan fingerprint density at radius 1 is 1.33 bits per heavy atom. The number of piperazine rings is 1. The van der Waals surface area contributed by atoms with Crippen molar-refractivity contribution in [2.45, 2.75) is 51.7 Å². The van der Waals surface area contributed by atoms with Gasteiger partial charge in [-0.3, -0.25) is 4.79 Å². The lowest BCUT2D eigenvalue weighted by molar-refractivity contribution is -0.139. The fraction of sp³-hybridized carbons (Fsp3) is 0.846. The van der Waals surface area contributed by atoms with Gasteiger partial charge in [0.2, 0.25) is 5.91 Å². The van der Waals surface area contributed by atoms with Crippen molar-refractivity contribution in [1.82, 2.24) is 9.80 Å². The van der Waals surface area contributed by atoms with Crippen LogP contribution in [-0.4, -0.2) is 53.1 Å². The lowest BCUT2D eigenvalue weighted by Crippen LogP contribution is -2.58. The molecular formula is C13H22N2O3. The summed E-state index contributed by atoms with van der Waals surface area (Å²) in [4.78, 5) is 27.3. The van der Waals surface area contributed by atoms with Crippen molar-refractivity contribution in [2.75, 3.05) is 19.6 Å². The molecule has 2 aliphatic rings. The van der Waals surface area contributed by atoms with E-state index in [2.05, 4.69) is 0 Å². The fourth-order valence-corrected chi connectivity index (χ4v) is 2.56. The van der Waals surface area contributed by atoms with Crippen LogP contribution in [0.25, 0.3) is 0 Å². The molecule has 0 radical (unpaired) electrons. The molecule has 2 fully saturated rings. The average molecular weight is 254 g/mol. The summed E-state index contributed by atoms with van der Waals surface area (Å²) in [5.74, 6) is 0.232. The SMILES string of the molecule is CC(C)(C)OC(=O)N1CCN2C(=O)CCC[C@H]2C1. The van der Waals surface area contributed by atoms with E-state index in [1.54, 1.807) is 4.90 Å². The number of nitrogens with zero attached hydrogens (tertiary/aromatic N) is 2. The Hall–Kier alpha value is -1.26. The van der Waals surface area contributed by atoms with E-state index in [0.717, 1.165) is 12.8 Å². The largest absolute Gasteiger partial charge is 0.444 e. The maximum absolute atomic E-state index is 12.0. The van der Waals surface area contributed by atoms with Gasteiger partial charge in [0.25, 0.3) is 0 Å². The van der Waals surface area contributed by atoms with Crippen molar-refractivity contribution in [3.05, 3.63) is 0 Å². The van der Waals surface area contributed by atoms with Crippen LogP contribution in [0.1, 0.15) is 40.0 Å². The van der Waals surface area contributed by atoms with E-state index in [9.17, 15) is 9.59 Å². The summed E-state index contributed by atoms with van der Waals surface area (Å²) in [5, 5.41) is 0. The molecule has 0 saturated carbocycles. The van der Waals surface area contributed by atoms with E-state index in [1.165, 1.54) is 0 Å². The molecule has 18 heavy (non-hydrogen) atoms. The van der Waals surface area contributed by atoms with Gasteiger partial charge in [-0.25, -0.2) is 4.79 Å². The predicted octanol–water partition coefficient (Wildman–Crippen LogP) is 1.62. The molecule has 0 aromatic heterocycles. The van der Waals surface area contributed by atoms with E-state index >= 15 is 0 Å². The molecule has 0 N–H and O–H groups in total. The Balaban J connectivity index is 1.94. The molecule has 5 heteroatoms. The summed E-state index contributed by atoms with van der Waals surface area (Å²) >= 11 is 0. The van der Waals surface area contributed by atoms with E-state index in [4.69, 9.17) is 4.74 Å². The Labute approximate surface area is 108 Å². The highest BCUT2D eigenvalue weighted by Crippen LogP contribution is 2.23. The van der Waals surface area contributed by atoms with Gasteiger partial charge in [-0.05, 0) is 33.6 Å². The second kappa shape index (κ2) is 4.78. The molecule has 102 valence electrons. The summed E-state index contributed by atoms with van der Waals surface area (Å²) in [6.07, 6.45) is 2.32. The molecule has 1 atom stereocenters. The molecule has 5 nitrogen and oxygen atoms in total. The summed E-state index contributed by atoms with van der Waals surface area (Å²) in [6, 6.07) is 0.188. The summed E-state index contributed by atoms with van der Waals surface area (Å²) in [5.41, 5.74) is -0.462. The van der Waals surface area contributed by atoms with Crippen LogP contribution >= 0.6 is 0 Å². The quantitative estimate of drug-likeness (QED) is 0.660. The van der Waals surface area contributed by atoms with Gasteiger partial charge in [0.15, 0.2) is 0 Å². The monoisotopic (exact) mass is 254 g/mol. The zero-order valence-electron chi connectivity index (χ0n) is 11.4. The van der Waals surface area contributed by atoms with E-state index in [1.807, 2.05) is 25.7 Å². The summed E-state index contributed by atoms with van der Waals surface area (Å²) in [6.45, 7) is 7.43. The van der Waals surface area contributed by atoms with Crippen LogP contribution in [0.2, 0.25) is 0 Å². The number of fused-ring (bicyclic) bond motifs is 1. The first kappa shape index (κ1) is 13.2. The van der Waals surface area contributed by atoms with Crippen molar-refractivity contribution in [1.29, 1.82) is 0 Å². The third kappa shape index (κ3) is 2.94. The van der Waals surface area contributed by atoms with Crippen LogP contribution in [0.3, 0.4) is 0 Å². The number of carbonyl (C=O) groups excluding carboxylic acids is 2. The molecule has 2 amide bonds. The van der Waals surface area contributed by atoms with Gasteiger partial charge in [-0.15, -0.1) is 0 Å². The number of hydrogen-bond acceptors (Lipinski definition) is 3. The number of rotatable bonds is 0. The smallest absolute Gasteiger partial charge is 0.410 e. The minimum absolute atomic E-state index is 0.188. The molecule has 0 aliphatic carbocycles. The Bertz CT molecular complexity index is 349. The van der Waals surface area contributed by atoms with E-state index < -0.39 is 5.60 Å². The molecule has 0 bridgehead atoms. The molecule has 0 aromatic rings. The van der Waals surface area contributed by atoms with Crippen LogP contribution in [0.15, 0.2) is 0 Å². The molecular weight excluding hydrogens is 232 g/mol. The van der Waals surface area contributed by atoms with Crippen LogP contribution in [0.4, 0.5) is 4.79 Å². The first-order valence-electron chi connectivity index (χ1n) is 6.64. The van der Waals surface area contributed by atoms with Gasteiger partial charge in [-0.2, -0.15) is 0 Å². The first-order chi connectivity index (χ1) is 8.37. The van der Waals surface area contributed by atoms with Crippen LogP contribution in [0, 0.1) is 0 Å². The van der Waals surface area contributed by atoms with Crippen molar-refractivity contribution >= 4 is 12.0 Å². The van der Waals surface area contributed by atoms with E-state index in [-0.39, 0.29) is 18.0 Å². The van der Waals surface area contributed by atoms with Crippen molar-refractivity contribution in [3.8, 4) is 0 Å². The Morgan fingerprint density at radius 3 is 2.72 bits per heavy atom. The third-order valence-corrected chi connectivity index (χ3v) is 3.38. The predicted molar refractivity (Wildman–Crippen MR) is 67.2 cm³/mol. The molecule has 0 unspecified atom stereocenters. The van der Waals surface area contributed by atoms with Gasteiger partial charge in [0.1, 0.15) is 5.60 Å². The summed E-state index contributed by atoms with van der Waals surface area (Å²) < 4.78 is 5.37. The molecule has 2 aliphatic heterocycles. The van der Waals surface area contributed by atoms with Crippen LogP contribution in [-0.2, 0) is 9.53 Å². The van der Waals surface area contributed by atoms with Gasteiger partial charge >= 0.3 is 6.09 Å². The number of ether oxygens (including phenoxy) is 1. The zero-order valence-corrected chi connectivity index (χ0v) is 11.4.